The van der Waals surface area contributed by atoms with Crippen molar-refractivity contribution in [3.8, 4) is 12.3 Å². The average Bonchev–Trinajstić information content (AvgIpc) is 2.79. The van der Waals surface area contributed by atoms with E-state index in [-0.39, 0.29) is 17.1 Å². The summed E-state index contributed by atoms with van der Waals surface area (Å²) in [6, 6.07) is 0. The van der Waals surface area contributed by atoms with Crippen LogP contribution in [0.2, 0.25) is 0 Å². The van der Waals surface area contributed by atoms with Gasteiger partial charge in [0.25, 0.3) is 0 Å². The maximum atomic E-state index is 11.9. The van der Waals surface area contributed by atoms with Crippen molar-refractivity contribution >= 4 is 5.78 Å². The third-order valence-corrected chi connectivity index (χ3v) is 8.29. The third-order valence-electron chi connectivity index (χ3n) is 8.29. The third kappa shape index (κ3) is 1.85. The number of rotatable bonds is 0. The fraction of sp³-hybridized carbons (Fsp3) is 0.762. The van der Waals surface area contributed by atoms with Crippen molar-refractivity contribution in [1.82, 2.24) is 0 Å². The van der Waals surface area contributed by atoms with E-state index in [1.165, 1.54) is 5.57 Å². The van der Waals surface area contributed by atoms with Crippen molar-refractivity contribution in [3.05, 3.63) is 11.6 Å². The van der Waals surface area contributed by atoms with Crippen LogP contribution in [0.3, 0.4) is 0 Å². The molecule has 4 aliphatic carbocycles. The van der Waals surface area contributed by atoms with Crippen LogP contribution < -0.4 is 0 Å². The van der Waals surface area contributed by atoms with Gasteiger partial charge in [-0.15, -0.1) is 6.42 Å². The van der Waals surface area contributed by atoms with Crippen molar-refractivity contribution in [3.63, 3.8) is 0 Å². The second kappa shape index (κ2) is 4.96. The first-order valence-electron chi connectivity index (χ1n) is 9.37. The van der Waals surface area contributed by atoms with Gasteiger partial charge in [-0.05, 0) is 67.8 Å². The fourth-order valence-corrected chi connectivity index (χ4v) is 6.93. The van der Waals surface area contributed by atoms with E-state index in [0.717, 1.165) is 25.7 Å². The number of aliphatic hydroxyl groups is 2. The molecule has 0 aliphatic heterocycles. The number of ketones is 1. The van der Waals surface area contributed by atoms with E-state index in [1.54, 1.807) is 0 Å². The summed E-state index contributed by atoms with van der Waals surface area (Å²) in [5.41, 5.74) is -0.324. The van der Waals surface area contributed by atoms with Gasteiger partial charge in [-0.25, -0.2) is 0 Å². The molecule has 4 rings (SSSR count). The maximum Gasteiger partial charge on any atom is 0.155 e. The molecule has 0 unspecified atom stereocenters. The number of allylic oxidation sites excluding steroid dienone is 1. The Hall–Kier alpha value is -1.11. The zero-order chi connectivity index (χ0) is 17.3. The van der Waals surface area contributed by atoms with E-state index in [0.29, 0.717) is 31.1 Å². The molecule has 0 bridgehead atoms. The van der Waals surface area contributed by atoms with Crippen LogP contribution in [0.5, 0.6) is 0 Å². The van der Waals surface area contributed by atoms with Crippen LogP contribution in [-0.2, 0) is 4.79 Å². The molecule has 0 aromatic rings. The molecule has 0 saturated heterocycles. The number of carbonyl (C=O) groups is 1. The quantitative estimate of drug-likeness (QED) is 0.672. The van der Waals surface area contributed by atoms with Gasteiger partial charge < -0.3 is 10.2 Å². The van der Waals surface area contributed by atoms with E-state index in [9.17, 15) is 15.0 Å². The molecule has 7 atom stereocenters. The minimum absolute atomic E-state index is 0.0750. The van der Waals surface area contributed by atoms with Gasteiger partial charge in [-0.2, -0.15) is 0 Å². The second-order valence-electron chi connectivity index (χ2n) is 9.12. The molecule has 4 aliphatic rings. The lowest BCUT2D eigenvalue weighted by atomic mass is 9.45. The molecular formula is C21H28O3. The molecule has 2 N–H and O–H groups in total. The predicted octanol–water partition coefficient (Wildman–Crippen LogP) is 2.85. The molecule has 0 aromatic heterocycles. The summed E-state index contributed by atoms with van der Waals surface area (Å²) < 4.78 is 0. The maximum absolute atomic E-state index is 11.9. The summed E-state index contributed by atoms with van der Waals surface area (Å²) in [7, 11) is 0. The van der Waals surface area contributed by atoms with Crippen molar-refractivity contribution in [2.45, 2.75) is 70.5 Å². The molecule has 0 radical (unpaired) electrons. The number of hydrogen-bond acceptors (Lipinski definition) is 3. The highest BCUT2D eigenvalue weighted by molar-refractivity contribution is 5.91. The smallest absolute Gasteiger partial charge is 0.155 e. The van der Waals surface area contributed by atoms with Crippen LogP contribution in [-0.4, -0.2) is 27.7 Å². The molecule has 3 nitrogen and oxygen atoms in total. The topological polar surface area (TPSA) is 57.5 Å². The summed E-state index contributed by atoms with van der Waals surface area (Å²) in [6.07, 6.45) is 12.6. The Labute approximate surface area is 144 Å². The van der Waals surface area contributed by atoms with Gasteiger partial charge in [-0.3, -0.25) is 4.79 Å². The molecule has 3 fully saturated rings. The molecule has 24 heavy (non-hydrogen) atoms. The Balaban J connectivity index is 1.76. The largest absolute Gasteiger partial charge is 0.393 e. The van der Waals surface area contributed by atoms with Crippen molar-refractivity contribution in [2.75, 3.05) is 0 Å². The normalized spacial score (nSPS) is 53.5. The predicted molar refractivity (Wildman–Crippen MR) is 91.9 cm³/mol. The van der Waals surface area contributed by atoms with Gasteiger partial charge in [0.1, 0.15) is 5.60 Å². The Kier molecular flexibility index (Phi) is 3.38. The van der Waals surface area contributed by atoms with E-state index < -0.39 is 17.1 Å². The molecule has 0 heterocycles. The van der Waals surface area contributed by atoms with Gasteiger partial charge in [0.05, 0.1) is 6.10 Å². The SMILES string of the molecule is C#C[C@]1(O)CC[C@H]2[C@@H]3CCC4=CC(=O)CC[C@]4(C)[C@H]3[C@H](O)C[C@@]21C. The number of aliphatic hydroxyl groups excluding tert-OH is 1. The van der Waals surface area contributed by atoms with Crippen LogP contribution in [0.1, 0.15) is 58.8 Å². The fourth-order valence-electron chi connectivity index (χ4n) is 6.93. The van der Waals surface area contributed by atoms with Crippen LogP contribution in [0.25, 0.3) is 0 Å². The summed E-state index contributed by atoms with van der Waals surface area (Å²) in [6.45, 7) is 4.33. The van der Waals surface area contributed by atoms with Crippen LogP contribution in [0.4, 0.5) is 0 Å². The molecular weight excluding hydrogens is 300 g/mol. The van der Waals surface area contributed by atoms with Crippen molar-refractivity contribution in [2.24, 2.45) is 28.6 Å². The number of terminal acetylenes is 1. The lowest BCUT2D eigenvalue weighted by Crippen LogP contribution is -2.59. The zero-order valence-corrected chi connectivity index (χ0v) is 14.7. The highest BCUT2D eigenvalue weighted by atomic mass is 16.3. The minimum Gasteiger partial charge on any atom is -0.393 e. The standard InChI is InChI=1S/C21H28O3/c1-4-21(24)10-8-16-15-6-5-13-11-14(22)7-9-19(13,2)18(15)17(23)12-20(16,21)3/h1,11,15-18,23-24H,5-10,12H2,2-3H3/t15-,16-,17+,18+,19-,20-,21-/m0/s1. The first kappa shape index (κ1) is 16.4. The summed E-state index contributed by atoms with van der Waals surface area (Å²) in [5.74, 6) is 3.82. The lowest BCUT2D eigenvalue weighted by molar-refractivity contribution is -0.155. The van der Waals surface area contributed by atoms with Crippen molar-refractivity contribution in [1.29, 1.82) is 0 Å². The first-order chi connectivity index (χ1) is 11.2. The van der Waals surface area contributed by atoms with E-state index >= 15 is 0 Å². The minimum atomic E-state index is -1.09. The Bertz CT molecular complexity index is 658. The summed E-state index contributed by atoms with van der Waals surface area (Å²) >= 11 is 0. The molecule has 0 aromatic carbocycles. The number of fused-ring (bicyclic) bond motifs is 5. The molecule has 0 spiro atoms. The van der Waals surface area contributed by atoms with Gasteiger partial charge in [0, 0.05) is 11.8 Å². The lowest BCUT2D eigenvalue weighted by Gasteiger charge is -2.60. The molecule has 130 valence electrons. The molecule has 0 amide bonds. The number of hydrogen-bond donors (Lipinski definition) is 2. The second-order valence-corrected chi connectivity index (χ2v) is 9.12. The van der Waals surface area contributed by atoms with E-state index in [4.69, 9.17) is 6.42 Å². The van der Waals surface area contributed by atoms with E-state index in [1.807, 2.05) is 6.08 Å². The monoisotopic (exact) mass is 328 g/mol. The first-order valence-corrected chi connectivity index (χ1v) is 9.37. The summed E-state index contributed by atoms with van der Waals surface area (Å²) in [4.78, 5) is 11.9. The zero-order valence-electron chi connectivity index (χ0n) is 14.7. The Morgan fingerprint density at radius 2 is 2.00 bits per heavy atom. The highest BCUT2D eigenvalue weighted by Gasteiger charge is 2.66. The molecule has 3 heteroatoms. The van der Waals surface area contributed by atoms with Gasteiger partial charge in [-0.1, -0.05) is 25.3 Å². The van der Waals surface area contributed by atoms with Gasteiger partial charge in [0.2, 0.25) is 0 Å². The average molecular weight is 328 g/mol. The Morgan fingerprint density at radius 3 is 2.71 bits per heavy atom. The van der Waals surface area contributed by atoms with Crippen LogP contribution >= 0.6 is 0 Å². The van der Waals surface area contributed by atoms with Gasteiger partial charge >= 0.3 is 0 Å². The Morgan fingerprint density at radius 1 is 1.25 bits per heavy atom. The van der Waals surface area contributed by atoms with Gasteiger partial charge in [0.15, 0.2) is 5.78 Å². The van der Waals surface area contributed by atoms with Crippen LogP contribution in [0, 0.1) is 40.9 Å². The summed E-state index contributed by atoms with van der Waals surface area (Å²) in [5, 5.41) is 22.1. The molecule has 3 saturated carbocycles. The number of carbonyl (C=O) groups excluding carboxylic acids is 1. The van der Waals surface area contributed by atoms with E-state index in [2.05, 4.69) is 19.8 Å². The van der Waals surface area contributed by atoms with Crippen LogP contribution in [0.15, 0.2) is 11.6 Å². The highest BCUT2D eigenvalue weighted by Crippen LogP contribution is 2.67. The van der Waals surface area contributed by atoms with Crippen molar-refractivity contribution < 1.29 is 15.0 Å².